The Morgan fingerprint density at radius 3 is 2.33 bits per heavy atom. The van der Waals surface area contributed by atoms with Crippen LogP contribution >= 0.6 is 46.1 Å². The SMILES string of the molecule is O=C(Cc1cscc1NS(=O)(=O)c1c(Cl)cc(Cl)cc1Cl)N1CCCCC1. The van der Waals surface area contributed by atoms with Crippen LogP contribution in [0.25, 0.3) is 0 Å². The molecule has 1 aliphatic heterocycles. The number of halogens is 3. The Kier molecular flexibility index (Phi) is 6.58. The van der Waals surface area contributed by atoms with Crippen molar-refractivity contribution in [2.75, 3.05) is 17.8 Å². The van der Waals surface area contributed by atoms with Gasteiger partial charge in [-0.3, -0.25) is 9.52 Å². The summed E-state index contributed by atoms with van der Waals surface area (Å²) in [7, 11) is -4.04. The molecule has 3 rings (SSSR count). The van der Waals surface area contributed by atoms with Crippen LogP contribution in [0.1, 0.15) is 24.8 Å². The van der Waals surface area contributed by atoms with Gasteiger partial charge in [0.15, 0.2) is 0 Å². The van der Waals surface area contributed by atoms with Crippen molar-refractivity contribution in [2.24, 2.45) is 0 Å². The predicted molar refractivity (Wildman–Crippen MR) is 111 cm³/mol. The van der Waals surface area contributed by atoms with Crippen molar-refractivity contribution < 1.29 is 13.2 Å². The van der Waals surface area contributed by atoms with E-state index in [2.05, 4.69) is 4.72 Å². The van der Waals surface area contributed by atoms with Crippen molar-refractivity contribution in [3.8, 4) is 0 Å². The maximum absolute atomic E-state index is 12.8. The highest BCUT2D eigenvalue weighted by atomic mass is 35.5. The fourth-order valence-electron chi connectivity index (χ4n) is 2.95. The van der Waals surface area contributed by atoms with Crippen LogP contribution < -0.4 is 4.72 Å². The highest BCUT2D eigenvalue weighted by Gasteiger charge is 2.25. The second-order valence-corrected chi connectivity index (χ2v) is 9.85. The summed E-state index contributed by atoms with van der Waals surface area (Å²) >= 11 is 19.2. The standard InChI is InChI=1S/C17H17Cl3N2O3S2/c18-12-7-13(19)17(14(20)8-12)27(24,25)21-15-10-26-9-11(15)6-16(23)22-4-2-1-3-5-22/h7-10,21H,1-6H2. The van der Waals surface area contributed by atoms with Crippen molar-refractivity contribution in [1.82, 2.24) is 4.90 Å². The van der Waals surface area contributed by atoms with Gasteiger partial charge in [-0.05, 0) is 42.3 Å². The van der Waals surface area contributed by atoms with E-state index in [1.807, 2.05) is 4.90 Å². The van der Waals surface area contributed by atoms with Gasteiger partial charge in [0.2, 0.25) is 5.91 Å². The predicted octanol–water partition coefficient (Wildman–Crippen LogP) is 5.06. The van der Waals surface area contributed by atoms with Crippen LogP contribution in [-0.2, 0) is 21.2 Å². The van der Waals surface area contributed by atoms with Crippen LogP contribution in [0.5, 0.6) is 0 Å². The molecule has 1 amide bonds. The van der Waals surface area contributed by atoms with E-state index in [4.69, 9.17) is 34.8 Å². The number of thiophene rings is 1. The normalized spacial score (nSPS) is 15.0. The van der Waals surface area contributed by atoms with Gasteiger partial charge in [0.25, 0.3) is 10.0 Å². The number of amides is 1. The van der Waals surface area contributed by atoms with E-state index in [0.717, 1.165) is 32.4 Å². The molecule has 0 radical (unpaired) electrons. The average molecular weight is 468 g/mol. The summed E-state index contributed by atoms with van der Waals surface area (Å²) in [4.78, 5) is 14.1. The molecule has 1 aromatic heterocycles. The largest absolute Gasteiger partial charge is 0.342 e. The van der Waals surface area contributed by atoms with Crippen LogP contribution in [0.2, 0.25) is 15.1 Å². The number of rotatable bonds is 5. The number of likely N-dealkylation sites (tertiary alicyclic amines) is 1. The zero-order chi connectivity index (χ0) is 19.6. The topological polar surface area (TPSA) is 66.5 Å². The molecule has 1 aliphatic rings. The molecule has 27 heavy (non-hydrogen) atoms. The highest BCUT2D eigenvalue weighted by Crippen LogP contribution is 2.35. The van der Waals surface area contributed by atoms with Crippen LogP contribution in [0.4, 0.5) is 5.69 Å². The van der Waals surface area contributed by atoms with Crippen molar-refractivity contribution in [2.45, 2.75) is 30.6 Å². The van der Waals surface area contributed by atoms with Gasteiger partial charge in [0.05, 0.1) is 22.2 Å². The first-order chi connectivity index (χ1) is 12.8. The highest BCUT2D eigenvalue weighted by molar-refractivity contribution is 7.93. The first-order valence-electron chi connectivity index (χ1n) is 8.28. The summed E-state index contributed by atoms with van der Waals surface area (Å²) in [6.45, 7) is 1.50. The van der Waals surface area contributed by atoms with E-state index in [1.54, 1.807) is 10.8 Å². The molecular weight excluding hydrogens is 451 g/mol. The maximum Gasteiger partial charge on any atom is 0.264 e. The van der Waals surface area contributed by atoms with Gasteiger partial charge in [-0.1, -0.05) is 34.8 Å². The summed E-state index contributed by atoms with van der Waals surface area (Å²) in [6.07, 6.45) is 3.28. The van der Waals surface area contributed by atoms with E-state index in [0.29, 0.717) is 11.3 Å². The number of benzene rings is 1. The summed E-state index contributed by atoms with van der Waals surface area (Å²) in [5.74, 6) is -0.00361. The third-order valence-electron chi connectivity index (χ3n) is 4.27. The Bertz CT molecular complexity index is 931. The number of carbonyl (C=O) groups excluding carboxylic acids is 1. The number of nitrogens with zero attached hydrogens (tertiary/aromatic N) is 1. The first kappa shape index (κ1) is 20.7. The summed E-state index contributed by atoms with van der Waals surface area (Å²) < 4.78 is 28.0. The second-order valence-electron chi connectivity index (χ2n) is 6.23. The first-order valence-corrected chi connectivity index (χ1v) is 11.8. The number of nitrogens with one attached hydrogen (secondary N) is 1. The molecule has 10 heteroatoms. The summed E-state index contributed by atoms with van der Waals surface area (Å²) in [5, 5.41) is 3.52. The van der Waals surface area contributed by atoms with Crippen LogP contribution in [0.3, 0.4) is 0 Å². The average Bonchev–Trinajstić information content (AvgIpc) is 3.00. The van der Waals surface area contributed by atoms with Crippen molar-refractivity contribution in [3.63, 3.8) is 0 Å². The minimum absolute atomic E-state index is 0.00361. The van der Waals surface area contributed by atoms with Crippen molar-refractivity contribution in [1.29, 1.82) is 0 Å². The lowest BCUT2D eigenvalue weighted by Crippen LogP contribution is -2.36. The molecule has 1 fully saturated rings. The lowest BCUT2D eigenvalue weighted by Gasteiger charge is -2.26. The number of hydrogen-bond donors (Lipinski definition) is 1. The Balaban J connectivity index is 1.81. The third-order valence-corrected chi connectivity index (χ3v) is 7.57. The van der Waals surface area contributed by atoms with E-state index in [-0.39, 0.29) is 32.3 Å². The van der Waals surface area contributed by atoms with Crippen LogP contribution in [0.15, 0.2) is 27.8 Å². The Morgan fingerprint density at radius 2 is 1.70 bits per heavy atom. The Hall–Kier alpha value is -0.990. The zero-order valence-electron chi connectivity index (χ0n) is 14.2. The minimum atomic E-state index is -4.04. The Morgan fingerprint density at radius 1 is 1.07 bits per heavy atom. The maximum atomic E-state index is 12.8. The summed E-state index contributed by atoms with van der Waals surface area (Å²) in [5.41, 5.74) is 0.979. The number of piperidine rings is 1. The van der Waals surface area contributed by atoms with Crippen LogP contribution in [0, 0.1) is 0 Å². The minimum Gasteiger partial charge on any atom is -0.342 e. The van der Waals surface area contributed by atoms with Gasteiger partial charge in [-0.15, -0.1) is 11.3 Å². The number of carbonyl (C=O) groups is 1. The monoisotopic (exact) mass is 466 g/mol. The lowest BCUT2D eigenvalue weighted by atomic mass is 10.1. The van der Waals surface area contributed by atoms with Crippen molar-refractivity contribution >= 4 is 67.8 Å². The van der Waals surface area contributed by atoms with E-state index >= 15 is 0 Å². The van der Waals surface area contributed by atoms with E-state index in [1.165, 1.54) is 23.5 Å². The molecular formula is C17H17Cl3N2O3S2. The van der Waals surface area contributed by atoms with Gasteiger partial charge < -0.3 is 4.90 Å². The molecule has 0 saturated carbocycles. The fourth-order valence-corrected chi connectivity index (χ4v) is 6.45. The fraction of sp³-hybridized carbons (Fsp3) is 0.353. The van der Waals surface area contributed by atoms with Gasteiger partial charge in [0, 0.05) is 23.5 Å². The molecule has 0 atom stereocenters. The van der Waals surface area contributed by atoms with Gasteiger partial charge in [-0.25, -0.2) is 8.42 Å². The van der Waals surface area contributed by atoms with Gasteiger partial charge in [0.1, 0.15) is 4.90 Å². The number of hydrogen-bond acceptors (Lipinski definition) is 4. The molecule has 1 aromatic carbocycles. The van der Waals surface area contributed by atoms with Crippen LogP contribution in [-0.4, -0.2) is 32.3 Å². The molecule has 0 bridgehead atoms. The Labute approximate surface area is 177 Å². The molecule has 1 N–H and O–H groups in total. The molecule has 5 nitrogen and oxygen atoms in total. The quantitative estimate of drug-likeness (QED) is 0.668. The molecule has 0 aliphatic carbocycles. The second kappa shape index (κ2) is 8.57. The molecule has 2 heterocycles. The van der Waals surface area contributed by atoms with Crippen molar-refractivity contribution in [3.05, 3.63) is 43.5 Å². The zero-order valence-corrected chi connectivity index (χ0v) is 18.1. The number of sulfonamides is 1. The number of anilines is 1. The molecule has 1 saturated heterocycles. The van der Waals surface area contributed by atoms with E-state index < -0.39 is 10.0 Å². The molecule has 2 aromatic rings. The molecule has 0 spiro atoms. The lowest BCUT2D eigenvalue weighted by molar-refractivity contribution is -0.131. The van der Waals surface area contributed by atoms with E-state index in [9.17, 15) is 13.2 Å². The smallest absolute Gasteiger partial charge is 0.264 e. The summed E-state index contributed by atoms with van der Waals surface area (Å²) in [6, 6.07) is 2.63. The molecule has 146 valence electrons. The molecule has 0 unspecified atom stereocenters. The van der Waals surface area contributed by atoms with Gasteiger partial charge >= 0.3 is 0 Å². The third kappa shape index (κ3) is 4.90. The van der Waals surface area contributed by atoms with Gasteiger partial charge in [-0.2, -0.15) is 0 Å².